The topological polar surface area (TPSA) is 43.4 Å². The van der Waals surface area contributed by atoms with Crippen LogP contribution in [-0.4, -0.2) is 11.6 Å². The van der Waals surface area contributed by atoms with Crippen molar-refractivity contribution in [2.24, 2.45) is 0 Å². The lowest BCUT2D eigenvalue weighted by Crippen LogP contribution is -2.12. The van der Waals surface area contributed by atoms with E-state index in [0.717, 1.165) is 17.5 Å². The minimum Gasteiger partial charge on any atom is -0.489 e. The zero-order valence-corrected chi connectivity index (χ0v) is 19.9. The highest BCUT2D eigenvalue weighted by atomic mass is 16.5. The Labute approximate surface area is 197 Å². The molecule has 0 atom stereocenters. The van der Waals surface area contributed by atoms with Crippen molar-refractivity contribution in [2.45, 2.75) is 52.6 Å². The van der Waals surface area contributed by atoms with Gasteiger partial charge in [-0.05, 0) is 52.8 Å². The van der Waals surface area contributed by atoms with Crippen LogP contribution in [0.3, 0.4) is 0 Å². The summed E-state index contributed by atoms with van der Waals surface area (Å²) >= 11 is 0. The van der Waals surface area contributed by atoms with E-state index in [2.05, 4.69) is 52.0 Å². The quantitative estimate of drug-likeness (QED) is 0.256. The molecule has 3 aromatic rings. The fourth-order valence-electron chi connectivity index (χ4n) is 3.39. The monoisotopic (exact) mass is 440 g/mol. The van der Waals surface area contributed by atoms with E-state index in [1.165, 1.54) is 5.56 Å². The van der Waals surface area contributed by atoms with E-state index < -0.39 is 0 Å². The average molecular weight is 441 g/mol. The summed E-state index contributed by atoms with van der Waals surface area (Å²) < 4.78 is 5.84. The summed E-state index contributed by atoms with van der Waals surface area (Å²) in [5.74, 6) is 0.325. The van der Waals surface area contributed by atoms with Gasteiger partial charge in [0.2, 0.25) is 0 Å². The molecule has 0 amide bonds. The summed E-state index contributed by atoms with van der Waals surface area (Å²) in [5.41, 5.74) is 4.50. The Balaban J connectivity index is 1.54. The molecule has 3 rings (SSSR count). The fraction of sp³-hybridized carbons (Fsp3) is 0.267. The van der Waals surface area contributed by atoms with Crippen LogP contribution in [0.5, 0.6) is 5.75 Å². The number of carbonyl (C=O) groups excluding carboxylic acids is 2. The van der Waals surface area contributed by atoms with Gasteiger partial charge < -0.3 is 4.74 Å². The molecule has 33 heavy (non-hydrogen) atoms. The first kappa shape index (κ1) is 24.2. The zero-order chi connectivity index (χ0) is 23.8. The van der Waals surface area contributed by atoms with Crippen LogP contribution in [0.1, 0.15) is 77.9 Å². The van der Waals surface area contributed by atoms with E-state index in [9.17, 15) is 9.59 Å². The molecule has 3 nitrogen and oxygen atoms in total. The molecule has 0 bridgehead atoms. The highest BCUT2D eigenvalue weighted by molar-refractivity contribution is 6.13. The van der Waals surface area contributed by atoms with Crippen molar-refractivity contribution < 1.29 is 14.3 Å². The van der Waals surface area contributed by atoms with Crippen LogP contribution >= 0.6 is 0 Å². The largest absolute Gasteiger partial charge is 0.489 e. The van der Waals surface area contributed by atoms with Gasteiger partial charge in [0.1, 0.15) is 12.4 Å². The van der Waals surface area contributed by atoms with Crippen LogP contribution in [-0.2, 0) is 12.0 Å². The molecule has 0 unspecified atom stereocenters. The van der Waals surface area contributed by atoms with Gasteiger partial charge in [-0.1, -0.05) is 88.4 Å². The number of allylic oxidation sites excluding steroid dienone is 1. The van der Waals surface area contributed by atoms with Crippen molar-refractivity contribution >= 4 is 17.6 Å². The minimum atomic E-state index is -0.192. The Morgan fingerprint density at radius 2 is 1.33 bits per heavy atom. The number of ketones is 2. The maximum Gasteiger partial charge on any atom is 0.170 e. The summed E-state index contributed by atoms with van der Waals surface area (Å²) in [4.78, 5) is 25.1. The SMILES string of the molecule is CCC=Cc1ccc(COc2ccc(C(=O)CC(=O)c3ccc(C(C)(C)C)cc3)cc2)cc1. The maximum absolute atomic E-state index is 12.6. The van der Waals surface area contributed by atoms with Crippen LogP contribution in [0, 0.1) is 0 Å². The van der Waals surface area contributed by atoms with Crippen molar-refractivity contribution in [3.05, 3.63) is 107 Å². The number of ether oxygens (including phenoxy) is 1. The standard InChI is InChI=1S/C30H32O3/c1-5-6-7-22-8-10-23(11-9-22)21-33-27-18-14-25(15-19-27)29(32)20-28(31)24-12-16-26(17-13-24)30(2,3)4/h6-19H,5,20-21H2,1-4H3. The van der Waals surface area contributed by atoms with Crippen molar-refractivity contribution in [1.29, 1.82) is 0 Å². The van der Waals surface area contributed by atoms with Gasteiger partial charge in [0.15, 0.2) is 11.6 Å². The van der Waals surface area contributed by atoms with Crippen LogP contribution in [0.2, 0.25) is 0 Å². The number of hydrogen-bond donors (Lipinski definition) is 0. The van der Waals surface area contributed by atoms with Crippen molar-refractivity contribution in [2.75, 3.05) is 0 Å². The third-order valence-electron chi connectivity index (χ3n) is 5.50. The van der Waals surface area contributed by atoms with Gasteiger partial charge in [-0.3, -0.25) is 9.59 Å². The molecule has 0 N–H and O–H groups in total. The number of hydrogen-bond acceptors (Lipinski definition) is 3. The van der Waals surface area contributed by atoms with Gasteiger partial charge in [-0.15, -0.1) is 0 Å². The van der Waals surface area contributed by atoms with Gasteiger partial charge in [0, 0.05) is 11.1 Å². The second-order valence-corrected chi connectivity index (χ2v) is 9.22. The summed E-state index contributed by atoms with van der Waals surface area (Å²) in [6.07, 6.45) is 5.10. The Bertz CT molecular complexity index is 1100. The average Bonchev–Trinajstić information content (AvgIpc) is 2.82. The van der Waals surface area contributed by atoms with Gasteiger partial charge in [-0.25, -0.2) is 0 Å². The number of Topliss-reactive ketones (excluding diaryl/α,β-unsaturated/α-hetero) is 2. The molecule has 0 aliphatic rings. The summed E-state index contributed by atoms with van der Waals surface area (Å²) in [6, 6.07) is 22.7. The molecular formula is C30H32O3. The molecular weight excluding hydrogens is 408 g/mol. The second-order valence-electron chi connectivity index (χ2n) is 9.22. The van der Waals surface area contributed by atoms with Crippen LogP contribution in [0.15, 0.2) is 78.9 Å². The molecule has 3 aromatic carbocycles. The lowest BCUT2D eigenvalue weighted by atomic mass is 9.86. The summed E-state index contributed by atoms with van der Waals surface area (Å²) in [7, 11) is 0. The van der Waals surface area contributed by atoms with Gasteiger partial charge in [-0.2, -0.15) is 0 Å². The molecule has 170 valence electrons. The van der Waals surface area contributed by atoms with Crippen LogP contribution in [0.25, 0.3) is 6.08 Å². The van der Waals surface area contributed by atoms with Crippen molar-refractivity contribution in [3.8, 4) is 5.75 Å². The predicted octanol–water partition coefficient (Wildman–Crippen LogP) is 7.44. The van der Waals surface area contributed by atoms with E-state index in [1.54, 1.807) is 36.4 Å². The lowest BCUT2D eigenvalue weighted by Gasteiger charge is -2.18. The maximum atomic E-state index is 12.6. The smallest absolute Gasteiger partial charge is 0.170 e. The zero-order valence-electron chi connectivity index (χ0n) is 19.9. The molecule has 3 heteroatoms. The van der Waals surface area contributed by atoms with Crippen molar-refractivity contribution in [1.82, 2.24) is 0 Å². The van der Waals surface area contributed by atoms with Gasteiger partial charge in [0.05, 0.1) is 6.42 Å². The van der Waals surface area contributed by atoms with E-state index in [4.69, 9.17) is 4.74 Å². The third-order valence-corrected chi connectivity index (χ3v) is 5.50. The molecule has 0 radical (unpaired) electrons. The van der Waals surface area contributed by atoms with E-state index in [1.807, 2.05) is 24.3 Å². The van der Waals surface area contributed by atoms with Crippen molar-refractivity contribution in [3.63, 3.8) is 0 Å². The van der Waals surface area contributed by atoms with Crippen LogP contribution < -0.4 is 4.74 Å². The van der Waals surface area contributed by atoms with E-state index >= 15 is 0 Å². The molecule has 0 aromatic heterocycles. The summed E-state index contributed by atoms with van der Waals surface area (Å²) in [6.45, 7) is 8.95. The highest BCUT2D eigenvalue weighted by Crippen LogP contribution is 2.23. The molecule has 0 saturated carbocycles. The molecule has 0 aliphatic heterocycles. The first-order valence-electron chi connectivity index (χ1n) is 11.4. The Morgan fingerprint density at radius 3 is 1.85 bits per heavy atom. The highest BCUT2D eigenvalue weighted by Gasteiger charge is 2.17. The minimum absolute atomic E-state index is 0.0244. The molecule has 0 spiro atoms. The van der Waals surface area contributed by atoms with Gasteiger partial charge in [0.25, 0.3) is 0 Å². The number of benzene rings is 3. The Morgan fingerprint density at radius 1 is 0.788 bits per heavy atom. The molecule has 0 aliphatic carbocycles. The molecule has 0 fully saturated rings. The van der Waals surface area contributed by atoms with Gasteiger partial charge >= 0.3 is 0 Å². The summed E-state index contributed by atoms with van der Waals surface area (Å²) in [5, 5.41) is 0. The molecule has 0 heterocycles. The lowest BCUT2D eigenvalue weighted by molar-refractivity contribution is 0.0894. The molecule has 0 saturated heterocycles. The fourth-order valence-corrected chi connectivity index (χ4v) is 3.39. The predicted molar refractivity (Wildman–Crippen MR) is 135 cm³/mol. The van der Waals surface area contributed by atoms with E-state index in [0.29, 0.717) is 23.5 Å². The van der Waals surface area contributed by atoms with E-state index in [-0.39, 0.29) is 23.4 Å². The Hall–Kier alpha value is -3.46. The Kier molecular flexibility index (Phi) is 8.00. The first-order valence-corrected chi connectivity index (χ1v) is 11.4. The third kappa shape index (κ3) is 7.01. The second kappa shape index (κ2) is 10.9. The first-order chi connectivity index (χ1) is 15.8. The number of carbonyl (C=O) groups is 2. The number of rotatable bonds is 9. The van der Waals surface area contributed by atoms with Crippen LogP contribution in [0.4, 0.5) is 0 Å². The normalized spacial score (nSPS) is 11.5.